The predicted octanol–water partition coefficient (Wildman–Crippen LogP) is 2.76. The van der Waals surface area contributed by atoms with E-state index >= 15 is 0 Å². The maximum atomic E-state index is 11.4. The second-order valence-corrected chi connectivity index (χ2v) is 6.30. The lowest BCUT2D eigenvalue weighted by atomic mass is 9.97. The fourth-order valence-corrected chi connectivity index (χ4v) is 2.87. The number of carbonyl (C=O) groups is 1. The highest BCUT2D eigenvalue weighted by Crippen LogP contribution is 2.22. The van der Waals surface area contributed by atoms with Crippen LogP contribution in [0.4, 0.5) is 5.69 Å². The number of nitrogens with zero attached hydrogens (tertiary/aromatic N) is 1. The van der Waals surface area contributed by atoms with E-state index in [1.807, 2.05) is 0 Å². The minimum atomic E-state index is -0.167. The molecule has 1 atom stereocenters. The van der Waals surface area contributed by atoms with E-state index < -0.39 is 0 Å². The molecule has 1 heterocycles. The Morgan fingerprint density at radius 1 is 1.41 bits per heavy atom. The lowest BCUT2D eigenvalue weighted by molar-refractivity contribution is -0.123. The lowest BCUT2D eigenvalue weighted by Gasteiger charge is -2.31. The first-order valence-corrected chi connectivity index (χ1v) is 8.03. The highest BCUT2D eigenvalue weighted by Gasteiger charge is 2.24. The van der Waals surface area contributed by atoms with Crippen LogP contribution in [0.25, 0.3) is 0 Å². The summed E-state index contributed by atoms with van der Waals surface area (Å²) >= 11 is 0. The fourth-order valence-electron chi connectivity index (χ4n) is 2.87. The van der Waals surface area contributed by atoms with Crippen molar-refractivity contribution in [3.05, 3.63) is 41.5 Å². The van der Waals surface area contributed by atoms with Crippen molar-refractivity contribution in [2.24, 2.45) is 11.7 Å². The maximum Gasteiger partial charge on any atom is 0.221 e. The molecular formula is C18H27N3O. The largest absolute Gasteiger partial charge is 0.381 e. The van der Waals surface area contributed by atoms with Crippen molar-refractivity contribution >= 4 is 11.6 Å². The van der Waals surface area contributed by atoms with Crippen molar-refractivity contribution in [3.63, 3.8) is 0 Å². The van der Waals surface area contributed by atoms with Gasteiger partial charge in [-0.05, 0) is 44.9 Å². The standard InChI is InChI=1S/C18H27N3O/c1-14(2)9-10-20-17-8-4-3-6-15(17)12-21-11-5-7-16(13-21)18(19)22/h3-4,6,8-9,16,20H,5,7,10-13H2,1-2H3,(H2,19,22)/t16-/m0/s1. The number of allylic oxidation sites excluding steroid dienone is 1. The number of para-hydroxylation sites is 1. The normalized spacial score (nSPS) is 18.7. The maximum absolute atomic E-state index is 11.4. The Labute approximate surface area is 133 Å². The number of carbonyl (C=O) groups excluding carboxylic acids is 1. The number of hydrogen-bond acceptors (Lipinski definition) is 3. The smallest absolute Gasteiger partial charge is 0.221 e. The van der Waals surface area contributed by atoms with Gasteiger partial charge in [-0.15, -0.1) is 0 Å². The topological polar surface area (TPSA) is 58.4 Å². The van der Waals surface area contributed by atoms with Crippen molar-refractivity contribution < 1.29 is 4.79 Å². The molecule has 3 N–H and O–H groups in total. The number of hydrogen-bond donors (Lipinski definition) is 2. The molecule has 120 valence electrons. The molecule has 1 amide bonds. The second-order valence-electron chi connectivity index (χ2n) is 6.30. The molecule has 22 heavy (non-hydrogen) atoms. The zero-order valence-electron chi connectivity index (χ0n) is 13.6. The van der Waals surface area contributed by atoms with Crippen LogP contribution in [0.2, 0.25) is 0 Å². The number of nitrogens with two attached hydrogens (primary N) is 1. The van der Waals surface area contributed by atoms with Gasteiger partial charge in [0.2, 0.25) is 5.91 Å². The minimum Gasteiger partial charge on any atom is -0.381 e. The highest BCUT2D eigenvalue weighted by molar-refractivity contribution is 5.76. The summed E-state index contributed by atoms with van der Waals surface area (Å²) in [6, 6.07) is 8.39. The van der Waals surface area contributed by atoms with E-state index in [1.54, 1.807) is 0 Å². The average molecular weight is 301 g/mol. The number of piperidine rings is 1. The Kier molecular flexibility index (Phi) is 6.01. The Balaban J connectivity index is 1.99. The van der Waals surface area contributed by atoms with Crippen LogP contribution in [0.5, 0.6) is 0 Å². The summed E-state index contributed by atoms with van der Waals surface area (Å²) in [5, 5.41) is 3.47. The highest BCUT2D eigenvalue weighted by atomic mass is 16.1. The molecule has 4 nitrogen and oxygen atoms in total. The van der Waals surface area contributed by atoms with Gasteiger partial charge in [-0.1, -0.05) is 29.8 Å². The predicted molar refractivity (Wildman–Crippen MR) is 91.6 cm³/mol. The van der Waals surface area contributed by atoms with Crippen molar-refractivity contribution in [2.45, 2.75) is 33.2 Å². The number of primary amides is 1. The van der Waals surface area contributed by atoms with Crippen LogP contribution in [0.1, 0.15) is 32.3 Å². The van der Waals surface area contributed by atoms with Gasteiger partial charge in [0.25, 0.3) is 0 Å². The Hall–Kier alpha value is -1.81. The Bertz CT molecular complexity index is 535. The van der Waals surface area contributed by atoms with E-state index in [9.17, 15) is 4.79 Å². The molecule has 0 spiro atoms. The molecule has 1 aromatic carbocycles. The number of anilines is 1. The van der Waals surface area contributed by atoms with Gasteiger partial charge in [0.1, 0.15) is 0 Å². The van der Waals surface area contributed by atoms with E-state index in [-0.39, 0.29) is 11.8 Å². The van der Waals surface area contributed by atoms with Gasteiger partial charge in [0.15, 0.2) is 0 Å². The minimum absolute atomic E-state index is 0.000421. The van der Waals surface area contributed by atoms with Gasteiger partial charge in [-0.3, -0.25) is 9.69 Å². The number of amides is 1. The van der Waals surface area contributed by atoms with Crippen LogP contribution in [-0.2, 0) is 11.3 Å². The summed E-state index contributed by atoms with van der Waals surface area (Å²) in [4.78, 5) is 13.7. The van der Waals surface area contributed by atoms with Crippen LogP contribution >= 0.6 is 0 Å². The van der Waals surface area contributed by atoms with Gasteiger partial charge >= 0.3 is 0 Å². The lowest BCUT2D eigenvalue weighted by Crippen LogP contribution is -2.40. The number of benzene rings is 1. The summed E-state index contributed by atoms with van der Waals surface area (Å²) in [6.07, 6.45) is 4.15. The van der Waals surface area contributed by atoms with Crippen LogP contribution < -0.4 is 11.1 Å². The molecule has 0 saturated carbocycles. The molecule has 1 saturated heterocycles. The third kappa shape index (κ3) is 4.88. The van der Waals surface area contributed by atoms with Gasteiger partial charge in [0.05, 0.1) is 5.92 Å². The molecule has 1 aromatic rings. The van der Waals surface area contributed by atoms with E-state index in [2.05, 4.69) is 54.4 Å². The monoisotopic (exact) mass is 301 g/mol. The fraction of sp³-hybridized carbons (Fsp3) is 0.500. The summed E-state index contributed by atoms with van der Waals surface area (Å²) in [5.74, 6) is -0.167. The first kappa shape index (κ1) is 16.6. The summed E-state index contributed by atoms with van der Waals surface area (Å²) in [7, 11) is 0. The van der Waals surface area contributed by atoms with Crippen LogP contribution in [0.3, 0.4) is 0 Å². The Morgan fingerprint density at radius 2 is 2.18 bits per heavy atom. The quantitative estimate of drug-likeness (QED) is 0.794. The molecule has 1 aliphatic heterocycles. The number of likely N-dealkylation sites (tertiary alicyclic amines) is 1. The van der Waals surface area contributed by atoms with Crippen LogP contribution in [-0.4, -0.2) is 30.4 Å². The zero-order valence-corrected chi connectivity index (χ0v) is 13.6. The molecule has 0 bridgehead atoms. The number of nitrogens with one attached hydrogen (secondary N) is 1. The first-order valence-electron chi connectivity index (χ1n) is 8.03. The van der Waals surface area contributed by atoms with Crippen molar-refractivity contribution in [2.75, 3.05) is 25.0 Å². The molecule has 1 aliphatic rings. The van der Waals surface area contributed by atoms with Crippen molar-refractivity contribution in [1.82, 2.24) is 4.90 Å². The third-order valence-electron chi connectivity index (χ3n) is 4.12. The number of rotatable bonds is 6. The van der Waals surface area contributed by atoms with Gasteiger partial charge in [-0.25, -0.2) is 0 Å². The van der Waals surface area contributed by atoms with Crippen molar-refractivity contribution in [1.29, 1.82) is 0 Å². The molecular weight excluding hydrogens is 274 g/mol. The van der Waals surface area contributed by atoms with Crippen molar-refractivity contribution in [3.8, 4) is 0 Å². The molecule has 2 rings (SSSR count). The van der Waals surface area contributed by atoms with E-state index in [4.69, 9.17) is 5.73 Å². The average Bonchev–Trinajstić information content (AvgIpc) is 2.49. The van der Waals surface area contributed by atoms with Crippen LogP contribution in [0, 0.1) is 5.92 Å². The van der Waals surface area contributed by atoms with Gasteiger partial charge < -0.3 is 11.1 Å². The summed E-state index contributed by atoms with van der Waals surface area (Å²) in [6.45, 7) is 7.71. The molecule has 0 aromatic heterocycles. The molecule has 0 unspecified atom stereocenters. The molecule has 4 heteroatoms. The summed E-state index contributed by atoms with van der Waals surface area (Å²) in [5.41, 5.74) is 9.21. The van der Waals surface area contributed by atoms with Crippen LogP contribution in [0.15, 0.2) is 35.9 Å². The molecule has 0 aliphatic carbocycles. The molecule has 0 radical (unpaired) electrons. The molecule has 1 fully saturated rings. The van der Waals surface area contributed by atoms with E-state index in [1.165, 1.54) is 16.8 Å². The SMILES string of the molecule is CC(C)=CCNc1ccccc1CN1CCC[C@H](C(N)=O)C1. The van der Waals surface area contributed by atoms with Gasteiger partial charge in [0, 0.05) is 25.3 Å². The first-order chi connectivity index (χ1) is 10.6. The second kappa shape index (κ2) is 7.99. The van der Waals surface area contributed by atoms with E-state index in [0.717, 1.165) is 39.0 Å². The zero-order chi connectivity index (χ0) is 15.9. The third-order valence-corrected chi connectivity index (χ3v) is 4.12. The Morgan fingerprint density at radius 3 is 2.91 bits per heavy atom. The summed E-state index contributed by atoms with van der Waals surface area (Å²) < 4.78 is 0. The van der Waals surface area contributed by atoms with E-state index in [0.29, 0.717) is 0 Å². The van der Waals surface area contributed by atoms with Gasteiger partial charge in [-0.2, -0.15) is 0 Å².